The van der Waals surface area contributed by atoms with Crippen LogP contribution in [0, 0.1) is 10.1 Å². The Bertz CT molecular complexity index is 490. The molecule has 1 amide bonds. The number of hydrogen-bond donors (Lipinski definition) is 2. The van der Waals surface area contributed by atoms with Gasteiger partial charge in [-0.2, -0.15) is 0 Å². The molecule has 0 spiro atoms. The third kappa shape index (κ3) is 3.92. The first-order valence-corrected chi connectivity index (χ1v) is 6.33. The van der Waals surface area contributed by atoms with Crippen molar-refractivity contribution in [3.8, 4) is 5.75 Å². The van der Waals surface area contributed by atoms with Crippen LogP contribution in [0.5, 0.6) is 5.75 Å². The lowest BCUT2D eigenvalue weighted by molar-refractivity contribution is -0.385. The van der Waals surface area contributed by atoms with Gasteiger partial charge < -0.3 is 15.2 Å². The predicted molar refractivity (Wildman–Crippen MR) is 72.9 cm³/mol. The van der Waals surface area contributed by atoms with Gasteiger partial charge in [-0.05, 0) is 26.3 Å². The SMILES string of the molecule is CCOc1cccc([N+](=O)[O-])c1C(=O)NC(C)CCO. The van der Waals surface area contributed by atoms with Crippen molar-refractivity contribution in [2.45, 2.75) is 26.3 Å². The van der Waals surface area contributed by atoms with Crippen LogP contribution in [0.4, 0.5) is 5.69 Å². The van der Waals surface area contributed by atoms with E-state index in [2.05, 4.69) is 5.32 Å². The van der Waals surface area contributed by atoms with Gasteiger partial charge in [0.2, 0.25) is 0 Å². The number of aliphatic hydroxyl groups is 1. The van der Waals surface area contributed by atoms with Crippen molar-refractivity contribution in [3.05, 3.63) is 33.9 Å². The second kappa shape index (κ2) is 7.44. The number of carbonyl (C=O) groups excluding carboxylic acids is 1. The third-order valence-electron chi connectivity index (χ3n) is 2.67. The minimum atomic E-state index is -0.617. The highest BCUT2D eigenvalue weighted by Crippen LogP contribution is 2.28. The Labute approximate surface area is 116 Å². The summed E-state index contributed by atoms with van der Waals surface area (Å²) in [5.74, 6) is -0.405. The molecule has 1 unspecified atom stereocenters. The second-order valence-electron chi connectivity index (χ2n) is 4.23. The molecule has 1 aromatic rings. The van der Waals surface area contributed by atoms with Gasteiger partial charge in [-0.3, -0.25) is 14.9 Å². The molecule has 0 aliphatic carbocycles. The molecule has 1 atom stereocenters. The monoisotopic (exact) mass is 282 g/mol. The topological polar surface area (TPSA) is 102 Å². The number of ether oxygens (including phenoxy) is 1. The van der Waals surface area contributed by atoms with Crippen molar-refractivity contribution in [1.82, 2.24) is 5.32 Å². The van der Waals surface area contributed by atoms with Crippen LogP contribution in [0.15, 0.2) is 18.2 Å². The molecule has 7 nitrogen and oxygen atoms in total. The highest BCUT2D eigenvalue weighted by Gasteiger charge is 2.25. The van der Waals surface area contributed by atoms with Crippen LogP contribution >= 0.6 is 0 Å². The summed E-state index contributed by atoms with van der Waals surface area (Å²) in [5, 5.41) is 22.4. The highest BCUT2D eigenvalue weighted by atomic mass is 16.6. The molecule has 0 saturated carbocycles. The van der Waals surface area contributed by atoms with Crippen LogP contribution in [0.3, 0.4) is 0 Å². The Morgan fingerprint density at radius 1 is 1.55 bits per heavy atom. The van der Waals surface area contributed by atoms with Gasteiger partial charge in [-0.25, -0.2) is 0 Å². The van der Waals surface area contributed by atoms with E-state index in [0.717, 1.165) is 0 Å². The summed E-state index contributed by atoms with van der Waals surface area (Å²) in [6.07, 6.45) is 0.371. The zero-order chi connectivity index (χ0) is 15.1. The molecule has 0 fully saturated rings. The molecule has 7 heteroatoms. The molecule has 2 N–H and O–H groups in total. The fourth-order valence-electron chi connectivity index (χ4n) is 1.74. The van der Waals surface area contributed by atoms with Crippen molar-refractivity contribution < 1.29 is 19.6 Å². The Morgan fingerprint density at radius 2 is 2.25 bits per heavy atom. The van der Waals surface area contributed by atoms with Crippen LogP contribution in [-0.2, 0) is 0 Å². The number of benzene rings is 1. The summed E-state index contributed by atoms with van der Waals surface area (Å²) in [6, 6.07) is 3.95. The molecule has 0 saturated heterocycles. The van der Waals surface area contributed by atoms with Crippen molar-refractivity contribution in [3.63, 3.8) is 0 Å². The number of nitrogens with zero attached hydrogens (tertiary/aromatic N) is 1. The molecule has 0 bridgehead atoms. The first-order valence-electron chi connectivity index (χ1n) is 6.33. The molecule has 0 radical (unpaired) electrons. The lowest BCUT2D eigenvalue weighted by Gasteiger charge is -2.14. The van der Waals surface area contributed by atoms with Crippen LogP contribution in [0.2, 0.25) is 0 Å². The maximum Gasteiger partial charge on any atom is 0.285 e. The van der Waals surface area contributed by atoms with Gasteiger partial charge >= 0.3 is 0 Å². The van der Waals surface area contributed by atoms with E-state index < -0.39 is 10.8 Å². The number of aliphatic hydroxyl groups excluding tert-OH is 1. The minimum Gasteiger partial charge on any atom is -0.493 e. The average molecular weight is 282 g/mol. The quantitative estimate of drug-likeness (QED) is 0.582. The number of nitro groups is 1. The van der Waals surface area contributed by atoms with E-state index in [1.54, 1.807) is 13.8 Å². The van der Waals surface area contributed by atoms with Crippen LogP contribution in [0.1, 0.15) is 30.6 Å². The van der Waals surface area contributed by atoms with E-state index in [-0.39, 0.29) is 29.6 Å². The fourth-order valence-corrected chi connectivity index (χ4v) is 1.74. The van der Waals surface area contributed by atoms with Crippen molar-refractivity contribution in [2.75, 3.05) is 13.2 Å². The molecule has 0 aromatic heterocycles. The fraction of sp³-hybridized carbons (Fsp3) is 0.462. The Hall–Kier alpha value is -2.15. The highest BCUT2D eigenvalue weighted by molar-refractivity contribution is 6.01. The van der Waals surface area contributed by atoms with Crippen molar-refractivity contribution >= 4 is 11.6 Å². The number of rotatable bonds is 7. The van der Waals surface area contributed by atoms with E-state index in [1.807, 2.05) is 0 Å². The van der Waals surface area contributed by atoms with Gasteiger partial charge in [-0.15, -0.1) is 0 Å². The summed E-state index contributed by atoms with van der Waals surface area (Å²) in [7, 11) is 0. The molecule has 1 aromatic carbocycles. The van der Waals surface area contributed by atoms with Gasteiger partial charge in [0, 0.05) is 18.7 Å². The largest absolute Gasteiger partial charge is 0.493 e. The van der Waals surface area contributed by atoms with E-state index in [4.69, 9.17) is 9.84 Å². The molecule has 110 valence electrons. The van der Waals surface area contributed by atoms with Crippen LogP contribution < -0.4 is 10.1 Å². The Kier molecular flexibility index (Phi) is 5.92. The summed E-state index contributed by atoms with van der Waals surface area (Å²) < 4.78 is 5.28. The molecule has 0 aliphatic heterocycles. The van der Waals surface area contributed by atoms with Crippen molar-refractivity contribution in [2.24, 2.45) is 0 Å². The maximum absolute atomic E-state index is 12.2. The first kappa shape index (κ1) is 15.9. The molecule has 1 rings (SSSR count). The normalized spacial score (nSPS) is 11.8. The molecule has 0 aliphatic rings. The lowest BCUT2D eigenvalue weighted by Crippen LogP contribution is -2.33. The average Bonchev–Trinajstić information content (AvgIpc) is 2.38. The minimum absolute atomic E-state index is 0.0728. The van der Waals surface area contributed by atoms with Crippen LogP contribution in [-0.4, -0.2) is 35.2 Å². The van der Waals surface area contributed by atoms with Gasteiger partial charge in [0.05, 0.1) is 11.5 Å². The summed E-state index contributed by atoms with van der Waals surface area (Å²) in [4.78, 5) is 22.6. The number of hydrogen-bond acceptors (Lipinski definition) is 5. The zero-order valence-corrected chi connectivity index (χ0v) is 11.5. The number of amides is 1. The number of nitro benzene ring substituents is 1. The number of nitrogens with one attached hydrogen (secondary N) is 1. The summed E-state index contributed by atoms with van der Waals surface area (Å²) >= 11 is 0. The molecular formula is C13H18N2O5. The lowest BCUT2D eigenvalue weighted by atomic mass is 10.1. The Morgan fingerprint density at radius 3 is 2.80 bits per heavy atom. The molecule has 20 heavy (non-hydrogen) atoms. The van der Waals surface area contributed by atoms with E-state index in [9.17, 15) is 14.9 Å². The van der Waals surface area contributed by atoms with E-state index in [1.165, 1.54) is 18.2 Å². The van der Waals surface area contributed by atoms with Gasteiger partial charge in [-0.1, -0.05) is 6.07 Å². The third-order valence-corrected chi connectivity index (χ3v) is 2.67. The van der Waals surface area contributed by atoms with Gasteiger partial charge in [0.1, 0.15) is 5.75 Å². The van der Waals surface area contributed by atoms with Gasteiger partial charge in [0.15, 0.2) is 5.56 Å². The Balaban J connectivity index is 3.11. The van der Waals surface area contributed by atoms with Gasteiger partial charge in [0.25, 0.3) is 11.6 Å². The predicted octanol–water partition coefficient (Wildman–Crippen LogP) is 1.49. The van der Waals surface area contributed by atoms with E-state index >= 15 is 0 Å². The number of carbonyl (C=O) groups is 1. The first-order chi connectivity index (χ1) is 9.51. The van der Waals surface area contributed by atoms with Crippen molar-refractivity contribution in [1.29, 1.82) is 0 Å². The standard InChI is InChI=1S/C13H18N2O5/c1-3-20-11-6-4-5-10(15(18)19)12(11)13(17)14-9(2)7-8-16/h4-6,9,16H,3,7-8H2,1-2H3,(H,14,17). The molecule has 0 heterocycles. The van der Waals surface area contributed by atoms with Crippen LogP contribution in [0.25, 0.3) is 0 Å². The van der Waals surface area contributed by atoms with E-state index in [0.29, 0.717) is 13.0 Å². The second-order valence-corrected chi connectivity index (χ2v) is 4.23. The maximum atomic E-state index is 12.2. The summed E-state index contributed by atoms with van der Waals surface area (Å²) in [5.41, 5.74) is -0.395. The zero-order valence-electron chi connectivity index (χ0n) is 11.5. The summed E-state index contributed by atoms with van der Waals surface area (Å²) in [6.45, 7) is 3.67. The smallest absolute Gasteiger partial charge is 0.285 e. The molecular weight excluding hydrogens is 264 g/mol.